The lowest BCUT2D eigenvalue weighted by Crippen LogP contribution is -2.31. The van der Waals surface area contributed by atoms with Gasteiger partial charge in [0, 0.05) is 38.0 Å². The third kappa shape index (κ3) is 3.88. The van der Waals surface area contributed by atoms with Gasteiger partial charge in [0.2, 0.25) is 5.91 Å². The third-order valence-electron chi connectivity index (χ3n) is 5.87. The number of anilines is 1. The van der Waals surface area contributed by atoms with Crippen molar-refractivity contribution in [3.05, 3.63) is 53.5 Å². The Morgan fingerprint density at radius 2 is 1.97 bits per heavy atom. The fourth-order valence-electron chi connectivity index (χ4n) is 4.27. The Labute approximate surface area is 185 Å². The van der Waals surface area contributed by atoms with Crippen LogP contribution in [0.3, 0.4) is 0 Å². The van der Waals surface area contributed by atoms with E-state index in [2.05, 4.69) is 5.32 Å². The third-order valence-corrected chi connectivity index (χ3v) is 5.87. The summed E-state index contributed by atoms with van der Waals surface area (Å²) in [5.74, 6) is 0.596. The molecule has 168 valence electrons. The quantitative estimate of drug-likeness (QED) is 0.612. The molecular formula is C24H26FN3O4. The normalized spacial score (nSPS) is 13.6. The van der Waals surface area contributed by atoms with Gasteiger partial charge in [0.05, 0.1) is 25.4 Å². The molecule has 2 heterocycles. The first-order valence-corrected chi connectivity index (χ1v) is 10.5. The van der Waals surface area contributed by atoms with Crippen molar-refractivity contribution in [3.63, 3.8) is 0 Å². The number of nitrogens with one attached hydrogen (secondary N) is 1. The van der Waals surface area contributed by atoms with Crippen LogP contribution in [-0.2, 0) is 18.3 Å². The average molecular weight is 439 g/mol. The van der Waals surface area contributed by atoms with Crippen LogP contribution in [0, 0.1) is 5.82 Å². The number of methoxy groups -OCH3 is 2. The fourth-order valence-corrected chi connectivity index (χ4v) is 4.27. The van der Waals surface area contributed by atoms with Gasteiger partial charge in [-0.1, -0.05) is 6.07 Å². The summed E-state index contributed by atoms with van der Waals surface area (Å²) >= 11 is 0. The minimum atomic E-state index is -0.408. The van der Waals surface area contributed by atoms with Crippen LogP contribution < -0.4 is 19.7 Å². The van der Waals surface area contributed by atoms with Crippen LogP contribution in [0.25, 0.3) is 10.9 Å². The number of ether oxygens (including phenoxy) is 2. The van der Waals surface area contributed by atoms with E-state index in [0.717, 1.165) is 5.56 Å². The van der Waals surface area contributed by atoms with Gasteiger partial charge in [-0.25, -0.2) is 4.39 Å². The zero-order chi connectivity index (χ0) is 22.8. The second kappa shape index (κ2) is 8.90. The van der Waals surface area contributed by atoms with Gasteiger partial charge in [-0.15, -0.1) is 0 Å². The van der Waals surface area contributed by atoms with E-state index >= 15 is 0 Å². The fraction of sp³-hybridized carbons (Fsp3) is 0.333. The first-order valence-electron chi connectivity index (χ1n) is 10.5. The van der Waals surface area contributed by atoms with Crippen LogP contribution in [0.1, 0.15) is 28.9 Å². The molecule has 8 heteroatoms. The van der Waals surface area contributed by atoms with Crippen molar-refractivity contribution in [2.24, 2.45) is 7.05 Å². The summed E-state index contributed by atoms with van der Waals surface area (Å²) in [6, 6.07) is 9.91. The molecule has 2 aromatic carbocycles. The molecule has 1 aromatic heterocycles. The number of nitrogens with zero attached hydrogens (tertiary/aromatic N) is 2. The van der Waals surface area contributed by atoms with E-state index in [0.29, 0.717) is 66.1 Å². The van der Waals surface area contributed by atoms with Crippen molar-refractivity contribution in [3.8, 4) is 11.5 Å². The van der Waals surface area contributed by atoms with Gasteiger partial charge in [0.15, 0.2) is 0 Å². The lowest BCUT2D eigenvalue weighted by atomic mass is 10.1. The summed E-state index contributed by atoms with van der Waals surface area (Å²) in [5, 5.41) is 3.50. The smallest absolute Gasteiger partial charge is 0.270 e. The molecule has 7 nitrogen and oxygen atoms in total. The number of aromatic nitrogens is 1. The molecule has 0 radical (unpaired) electrons. The zero-order valence-corrected chi connectivity index (χ0v) is 18.4. The van der Waals surface area contributed by atoms with Crippen molar-refractivity contribution in [1.82, 2.24) is 9.88 Å². The first-order chi connectivity index (χ1) is 15.4. The highest BCUT2D eigenvalue weighted by Gasteiger charge is 2.31. The Morgan fingerprint density at radius 1 is 1.16 bits per heavy atom. The van der Waals surface area contributed by atoms with Crippen molar-refractivity contribution in [2.45, 2.75) is 19.3 Å². The molecular weight excluding hydrogens is 413 g/mol. The van der Waals surface area contributed by atoms with Gasteiger partial charge in [0.1, 0.15) is 23.0 Å². The molecule has 2 amide bonds. The minimum Gasteiger partial charge on any atom is -0.497 e. The number of amides is 2. The monoisotopic (exact) mass is 439 g/mol. The highest BCUT2D eigenvalue weighted by atomic mass is 19.1. The Bertz CT molecular complexity index is 1190. The maximum atomic E-state index is 14.0. The van der Waals surface area contributed by atoms with Crippen LogP contribution >= 0.6 is 0 Å². The van der Waals surface area contributed by atoms with Gasteiger partial charge in [0.25, 0.3) is 5.91 Å². The predicted molar refractivity (Wildman–Crippen MR) is 120 cm³/mol. The Morgan fingerprint density at radius 3 is 2.66 bits per heavy atom. The number of aryl methyl sites for hydroxylation is 1. The highest BCUT2D eigenvalue weighted by Crippen LogP contribution is 2.36. The number of fused-ring (bicyclic) bond motifs is 1. The second-order valence-corrected chi connectivity index (χ2v) is 7.75. The summed E-state index contributed by atoms with van der Waals surface area (Å²) in [6.07, 6.45) is 1.68. The SMILES string of the molecule is COc1ccc(CCNC(=O)c2c(N3CCCC3=O)c3cc(F)ccc3n2C)c(OC)c1. The summed E-state index contributed by atoms with van der Waals surface area (Å²) in [5.41, 5.74) is 2.46. The number of halogens is 1. The highest BCUT2D eigenvalue weighted by molar-refractivity contribution is 6.14. The molecule has 1 N–H and O–H groups in total. The summed E-state index contributed by atoms with van der Waals surface area (Å²) in [4.78, 5) is 27.3. The number of benzene rings is 2. The number of carbonyl (C=O) groups is 2. The number of carbonyl (C=O) groups excluding carboxylic acids is 2. The van der Waals surface area contributed by atoms with E-state index in [4.69, 9.17) is 9.47 Å². The Kier molecular flexibility index (Phi) is 6.03. The van der Waals surface area contributed by atoms with Gasteiger partial charge in [-0.2, -0.15) is 0 Å². The van der Waals surface area contributed by atoms with Gasteiger partial charge < -0.3 is 24.3 Å². The zero-order valence-electron chi connectivity index (χ0n) is 18.4. The van der Waals surface area contributed by atoms with Gasteiger partial charge >= 0.3 is 0 Å². The Hall–Kier alpha value is -3.55. The molecule has 3 aromatic rings. The van der Waals surface area contributed by atoms with Crippen LogP contribution in [-0.4, -0.2) is 43.7 Å². The van der Waals surface area contributed by atoms with Crippen molar-refractivity contribution in [1.29, 1.82) is 0 Å². The molecule has 0 saturated carbocycles. The van der Waals surface area contributed by atoms with Crippen LogP contribution in [0.15, 0.2) is 36.4 Å². The molecule has 1 saturated heterocycles. The topological polar surface area (TPSA) is 72.8 Å². The number of hydrogen-bond donors (Lipinski definition) is 1. The van der Waals surface area contributed by atoms with Crippen molar-refractivity contribution >= 4 is 28.4 Å². The second-order valence-electron chi connectivity index (χ2n) is 7.75. The molecule has 1 fully saturated rings. The molecule has 0 aliphatic carbocycles. The van der Waals surface area contributed by atoms with E-state index in [1.54, 1.807) is 42.9 Å². The van der Waals surface area contributed by atoms with Crippen LogP contribution in [0.5, 0.6) is 11.5 Å². The molecule has 1 aliphatic rings. The van der Waals surface area contributed by atoms with E-state index in [1.807, 2.05) is 12.1 Å². The van der Waals surface area contributed by atoms with E-state index in [-0.39, 0.29) is 11.8 Å². The standard InChI is InChI=1S/C24H26FN3O4/c1-27-19-9-7-16(25)13-18(19)22(28-12-4-5-21(28)29)23(27)24(30)26-11-10-15-6-8-17(31-2)14-20(15)32-3/h6-9,13-14H,4-5,10-12H2,1-3H3,(H,26,30). The maximum absolute atomic E-state index is 14.0. The summed E-state index contributed by atoms with van der Waals surface area (Å²) in [6.45, 7) is 0.878. The van der Waals surface area contributed by atoms with Crippen molar-refractivity contribution in [2.75, 3.05) is 32.2 Å². The van der Waals surface area contributed by atoms with E-state index in [9.17, 15) is 14.0 Å². The number of rotatable bonds is 7. The van der Waals surface area contributed by atoms with Crippen molar-refractivity contribution < 1.29 is 23.5 Å². The molecule has 32 heavy (non-hydrogen) atoms. The minimum absolute atomic E-state index is 0.0567. The predicted octanol–water partition coefficient (Wildman–Crippen LogP) is 3.43. The molecule has 1 aliphatic heterocycles. The molecule has 0 unspecified atom stereocenters. The summed E-state index contributed by atoms with van der Waals surface area (Å²) < 4.78 is 26.4. The first kappa shape index (κ1) is 21.7. The average Bonchev–Trinajstić information content (AvgIpc) is 3.33. The lowest BCUT2D eigenvalue weighted by Gasteiger charge is -2.18. The maximum Gasteiger partial charge on any atom is 0.270 e. The molecule has 0 bridgehead atoms. The van der Waals surface area contributed by atoms with Gasteiger partial charge in [-0.3, -0.25) is 9.59 Å². The lowest BCUT2D eigenvalue weighted by molar-refractivity contribution is -0.117. The molecule has 4 rings (SSSR count). The Balaban J connectivity index is 1.61. The number of hydrogen-bond acceptors (Lipinski definition) is 4. The van der Waals surface area contributed by atoms with Gasteiger partial charge in [-0.05, 0) is 42.7 Å². The van der Waals surface area contributed by atoms with Crippen LogP contribution in [0.4, 0.5) is 10.1 Å². The molecule has 0 spiro atoms. The van der Waals surface area contributed by atoms with Crippen LogP contribution in [0.2, 0.25) is 0 Å². The molecule has 0 atom stereocenters. The largest absolute Gasteiger partial charge is 0.497 e. The van der Waals surface area contributed by atoms with E-state index in [1.165, 1.54) is 12.1 Å². The van der Waals surface area contributed by atoms with E-state index < -0.39 is 5.82 Å². The summed E-state index contributed by atoms with van der Waals surface area (Å²) in [7, 11) is 4.93.